The number of alkyl halides is 3. The number of hydrogen-bond acceptors (Lipinski definition) is 14. The second-order valence-corrected chi connectivity index (χ2v) is 34.0. The van der Waals surface area contributed by atoms with E-state index in [0.717, 1.165) is 57.8 Å². The summed E-state index contributed by atoms with van der Waals surface area (Å²) in [6.07, 6.45) is 7.57. The summed E-state index contributed by atoms with van der Waals surface area (Å²) in [5.74, 6) is -10.3. The molecule has 608 valence electrons. The van der Waals surface area contributed by atoms with E-state index in [0.29, 0.717) is 44.4 Å². The summed E-state index contributed by atoms with van der Waals surface area (Å²) in [6.45, 7) is 8.27. The van der Waals surface area contributed by atoms with Crippen LogP contribution in [0.1, 0.15) is 208 Å². The largest absolute Gasteiger partial charge is 0.394 e. The number of nitrogens with one attached hydrogen (secondary N) is 3. The second-order valence-electron chi connectivity index (χ2n) is 34.0. The molecule has 13 atom stereocenters. The van der Waals surface area contributed by atoms with Crippen LogP contribution in [0.4, 0.5) is 13.2 Å². The molecule has 7 aliphatic heterocycles. The molecular weight excluding hydrogens is 1400 g/mol. The monoisotopic (exact) mass is 1520 g/mol. The molecule has 11 aliphatic rings. The number of hydrogen-bond donors (Lipinski definition) is 3. The number of amides is 12. The number of halogens is 3. The van der Waals surface area contributed by atoms with Gasteiger partial charge >= 0.3 is 6.18 Å². The molecule has 6 bridgehead atoms. The fourth-order valence-corrected chi connectivity index (χ4v) is 18.9. The summed E-state index contributed by atoms with van der Waals surface area (Å²) in [6, 6.07) is -10.0. The quantitative estimate of drug-likeness (QED) is 0.198. The van der Waals surface area contributed by atoms with Crippen LogP contribution >= 0.6 is 0 Å². The Morgan fingerprint density at radius 1 is 0.630 bits per heavy atom. The van der Waals surface area contributed by atoms with Gasteiger partial charge in [0.15, 0.2) is 0 Å². The van der Waals surface area contributed by atoms with Crippen LogP contribution in [-0.4, -0.2) is 284 Å². The van der Waals surface area contributed by atoms with Gasteiger partial charge in [-0.05, 0) is 125 Å². The molecular formula is C79H127F3N12O14. The molecule has 29 heteroatoms. The average molecular weight is 1530 g/mol. The number of rotatable bonds is 10. The minimum atomic E-state index is -4.52. The fourth-order valence-electron chi connectivity index (χ4n) is 18.9. The highest BCUT2D eigenvalue weighted by molar-refractivity contribution is 6.01. The summed E-state index contributed by atoms with van der Waals surface area (Å²) in [5.41, 5.74) is -2.17. The van der Waals surface area contributed by atoms with E-state index in [9.17, 15) is 27.6 Å². The smallest absolute Gasteiger partial charge is 0.381 e. The zero-order valence-corrected chi connectivity index (χ0v) is 66.9. The van der Waals surface area contributed by atoms with Crippen LogP contribution in [0.25, 0.3) is 0 Å². The van der Waals surface area contributed by atoms with Gasteiger partial charge in [0.25, 0.3) is 0 Å². The molecule has 108 heavy (non-hydrogen) atoms. The number of likely N-dealkylation sites (N-methyl/N-ethyl adjacent to an activating group) is 7. The van der Waals surface area contributed by atoms with Gasteiger partial charge < -0.3 is 69.5 Å². The first-order valence-electron chi connectivity index (χ1n) is 40.1. The normalized spacial score (nSPS) is 32.5. The first-order valence-corrected chi connectivity index (χ1v) is 40.1. The van der Waals surface area contributed by atoms with E-state index in [-0.39, 0.29) is 102 Å². The molecule has 6 saturated heterocycles. The van der Waals surface area contributed by atoms with E-state index < -0.39 is 186 Å². The highest BCUT2D eigenvalue weighted by Crippen LogP contribution is 2.50. The van der Waals surface area contributed by atoms with Gasteiger partial charge in [0.1, 0.15) is 53.9 Å². The Hall–Kier alpha value is -6.91. The predicted octanol–water partition coefficient (Wildman–Crippen LogP) is 6.46. The van der Waals surface area contributed by atoms with Crippen molar-refractivity contribution in [1.82, 2.24) is 60.0 Å². The van der Waals surface area contributed by atoms with Crippen molar-refractivity contribution in [1.29, 1.82) is 0 Å². The zero-order chi connectivity index (χ0) is 79.4. The topological polar surface area (TPSA) is 289 Å². The van der Waals surface area contributed by atoms with Crippen molar-refractivity contribution in [3.63, 3.8) is 0 Å². The van der Waals surface area contributed by atoms with Crippen LogP contribution in [0.5, 0.6) is 0 Å². The van der Waals surface area contributed by atoms with Gasteiger partial charge in [-0.15, -0.1) is 0 Å². The van der Waals surface area contributed by atoms with Gasteiger partial charge in [-0.2, -0.15) is 13.2 Å². The summed E-state index contributed by atoms with van der Waals surface area (Å²) in [4.78, 5) is 196. The lowest BCUT2D eigenvalue weighted by atomic mass is 9.58. The molecule has 0 aromatic rings. The highest BCUT2D eigenvalue weighted by atomic mass is 19.4. The molecule has 4 saturated carbocycles. The Bertz CT molecular complexity index is 3220. The SMILES string of the molecule is CCO[C@@H]1C[C@H]2C(=O)NC3(CC(C)(C)C3)C(=O)N(C)[C@@H](C3CCCC3)C(=O)N(C)[C@H](C(=O)N(C)C)CC(=O)N(C)[C@H]3CCCCCCC4CCC(CC4)C[C@@H](C(=O)N(C)CC(=O)N[C@@H](CCC4CCC(C(F)(F)F)C(OC)C4)C(=O)N2C1)N1CC/C=C\C[C@@H](C1=O)N(C)C(=O)CN(C)C(=O)[C@H]([C@@H](C)CC)NC3=O. The van der Waals surface area contributed by atoms with Crippen LogP contribution in [0.15, 0.2) is 12.2 Å². The van der Waals surface area contributed by atoms with E-state index >= 15 is 43.2 Å². The van der Waals surface area contributed by atoms with Crippen LogP contribution < -0.4 is 16.0 Å². The maximum Gasteiger partial charge on any atom is 0.394 e. The first kappa shape index (κ1) is 86.7. The van der Waals surface area contributed by atoms with Gasteiger partial charge in [0.05, 0.1) is 37.6 Å². The fraction of sp³-hybridized carbons (Fsp3) is 0.823. The van der Waals surface area contributed by atoms with Crippen molar-refractivity contribution in [2.24, 2.45) is 40.9 Å². The Balaban J connectivity index is 1.25. The molecule has 0 aromatic carbocycles. The summed E-state index contributed by atoms with van der Waals surface area (Å²) < 4.78 is 54.7. The van der Waals surface area contributed by atoms with Crippen LogP contribution in [0, 0.1) is 40.9 Å². The zero-order valence-electron chi connectivity index (χ0n) is 66.9. The van der Waals surface area contributed by atoms with Crippen molar-refractivity contribution in [2.45, 2.75) is 280 Å². The minimum absolute atomic E-state index is 0.0139. The van der Waals surface area contributed by atoms with E-state index in [1.54, 1.807) is 19.9 Å². The summed E-state index contributed by atoms with van der Waals surface area (Å²) in [5, 5.41) is 8.99. The molecule has 4 aliphatic carbocycles. The second kappa shape index (κ2) is 37.9. The molecule has 0 aromatic heterocycles. The van der Waals surface area contributed by atoms with Crippen molar-refractivity contribution < 1.29 is 80.2 Å². The molecule has 3 N–H and O–H groups in total. The molecule has 10 fully saturated rings. The van der Waals surface area contributed by atoms with Crippen molar-refractivity contribution in [3.8, 4) is 0 Å². The Labute approximate surface area is 638 Å². The number of ether oxygens (including phenoxy) is 2. The maximum absolute atomic E-state index is 15.9. The van der Waals surface area contributed by atoms with E-state index in [1.165, 1.54) is 108 Å². The third-order valence-electron chi connectivity index (χ3n) is 25.4. The Kier molecular flexibility index (Phi) is 30.4. The number of carbonyl (C=O) groups excluding carboxylic acids is 12. The summed E-state index contributed by atoms with van der Waals surface area (Å²) in [7, 11) is 13.0. The molecule has 3 unspecified atom stereocenters. The van der Waals surface area contributed by atoms with Crippen molar-refractivity contribution in [3.05, 3.63) is 12.2 Å². The van der Waals surface area contributed by atoms with E-state index in [4.69, 9.17) is 9.47 Å². The molecule has 12 amide bonds. The molecule has 0 radical (unpaired) electrons. The lowest BCUT2D eigenvalue weighted by Gasteiger charge is -2.54. The standard InChI is InChI=1S/C79H127F3N12O14/c1-15-49(3)66-74(104)88(9)46-65(97)90(11)58-30-22-19-25-39-93(73(58)103)61-40-51-33-31-50(32-34-51)26-20-17-18-21-29-57(68(98)84-66)89(10)64(96)43-60(71(101)86(6)7)91(12)75(105)67(53-27-23-24-28-53)92(13)76(106)78(47-77(4,5)48-78)85-69(99)59-42-54(108-16-2)44-94(59)70(100)56(83-63(95)45-87(8)72(61)102)38-36-52-35-37-55(79(80,81)82)62(41-52)107-14/h19,22,49-62,66-67H,15-18,20-21,23-48H2,1-14H3,(H,83,95)(H,84,98)(H,85,99)/b22-19-/t49-,50?,51?,52?,54+,55?,56-,57-,58-,59-,60-,61-,62?,66-,67-/m0/s1. The lowest BCUT2D eigenvalue weighted by Crippen LogP contribution is -2.71. The van der Waals surface area contributed by atoms with Crippen LogP contribution in [-0.2, 0) is 67.0 Å². The molecule has 1 spiro atoms. The van der Waals surface area contributed by atoms with Crippen molar-refractivity contribution in [2.75, 3.05) is 96.3 Å². The van der Waals surface area contributed by atoms with E-state index in [1.807, 2.05) is 26.8 Å². The minimum Gasteiger partial charge on any atom is -0.381 e. The molecule has 11 rings (SSSR count). The lowest BCUT2D eigenvalue weighted by molar-refractivity contribution is -0.215. The van der Waals surface area contributed by atoms with Gasteiger partial charge in [-0.3, -0.25) is 57.5 Å². The first-order chi connectivity index (χ1) is 51.0. The summed E-state index contributed by atoms with van der Waals surface area (Å²) >= 11 is 0. The Morgan fingerprint density at radius 3 is 1.88 bits per heavy atom. The maximum atomic E-state index is 15.9. The van der Waals surface area contributed by atoms with Gasteiger partial charge in [0.2, 0.25) is 70.9 Å². The van der Waals surface area contributed by atoms with Crippen LogP contribution in [0.2, 0.25) is 0 Å². The van der Waals surface area contributed by atoms with Gasteiger partial charge in [-0.25, -0.2) is 0 Å². The van der Waals surface area contributed by atoms with Crippen LogP contribution in [0.3, 0.4) is 0 Å². The number of methoxy groups -OCH3 is 1. The van der Waals surface area contributed by atoms with Gasteiger partial charge in [-0.1, -0.05) is 117 Å². The van der Waals surface area contributed by atoms with Gasteiger partial charge in [0, 0.05) is 89.6 Å². The number of carbonyl (C=O) groups is 12. The van der Waals surface area contributed by atoms with Crippen molar-refractivity contribution >= 4 is 70.9 Å². The van der Waals surface area contributed by atoms with E-state index in [2.05, 4.69) is 16.0 Å². The number of nitrogens with zero attached hydrogens (tertiary/aromatic N) is 9. The highest BCUT2D eigenvalue weighted by Gasteiger charge is 2.60. The third kappa shape index (κ3) is 21.0. The third-order valence-corrected chi connectivity index (χ3v) is 25.4. The Morgan fingerprint density at radius 2 is 1.26 bits per heavy atom. The molecule has 26 nitrogen and oxygen atoms in total. The molecule has 7 heterocycles. The predicted molar refractivity (Wildman–Crippen MR) is 398 cm³/mol. The average Bonchev–Trinajstić information content (AvgIpc) is 0.963.